The van der Waals surface area contributed by atoms with E-state index in [0.717, 1.165) is 32.1 Å². The minimum absolute atomic E-state index is 0.0271. The van der Waals surface area contributed by atoms with E-state index in [-0.39, 0.29) is 23.6 Å². The maximum absolute atomic E-state index is 12.1. The van der Waals surface area contributed by atoms with Gasteiger partial charge in [-0.2, -0.15) is 0 Å². The normalized spacial score (nSPS) is 35.1. The van der Waals surface area contributed by atoms with Crippen molar-refractivity contribution in [1.29, 1.82) is 0 Å². The molecule has 1 fully saturated rings. The Morgan fingerprint density at radius 3 is 2.61 bits per heavy atom. The smallest absolute Gasteiger partial charge is 0.225 e. The summed E-state index contributed by atoms with van der Waals surface area (Å²) in [6.07, 6.45) is 6.42. The highest BCUT2D eigenvalue weighted by molar-refractivity contribution is 7.94. The quantitative estimate of drug-likeness (QED) is 0.709. The van der Waals surface area contributed by atoms with Gasteiger partial charge in [-0.15, -0.1) is 0 Å². The zero-order chi connectivity index (χ0) is 13.2. The van der Waals surface area contributed by atoms with Crippen LogP contribution in [0.25, 0.3) is 0 Å². The van der Waals surface area contributed by atoms with Gasteiger partial charge in [-0.25, -0.2) is 8.42 Å². The highest BCUT2D eigenvalue weighted by atomic mass is 32.2. The molecule has 2 rings (SSSR count). The Morgan fingerprint density at radius 1 is 1.22 bits per heavy atom. The van der Waals surface area contributed by atoms with Crippen LogP contribution in [0.15, 0.2) is 11.5 Å². The molecule has 5 nitrogen and oxygen atoms in total. The van der Waals surface area contributed by atoms with E-state index in [2.05, 4.69) is 5.32 Å². The van der Waals surface area contributed by atoms with Crippen LogP contribution in [0.3, 0.4) is 0 Å². The van der Waals surface area contributed by atoms with Crippen molar-refractivity contribution >= 4 is 15.7 Å². The molecule has 102 valence electrons. The predicted molar refractivity (Wildman–Crippen MR) is 69.4 cm³/mol. The van der Waals surface area contributed by atoms with Crippen molar-refractivity contribution in [3.63, 3.8) is 0 Å². The largest absolute Gasteiger partial charge is 0.349 e. The van der Waals surface area contributed by atoms with Crippen LogP contribution >= 0.6 is 0 Å². The van der Waals surface area contributed by atoms with E-state index in [1.54, 1.807) is 0 Å². The topological polar surface area (TPSA) is 89.3 Å². The molecule has 1 amide bonds. The van der Waals surface area contributed by atoms with Gasteiger partial charge in [-0.1, -0.05) is 19.3 Å². The Bertz CT molecular complexity index is 444. The molecule has 1 heterocycles. The Morgan fingerprint density at radius 2 is 1.94 bits per heavy atom. The van der Waals surface area contributed by atoms with E-state index in [9.17, 15) is 13.2 Å². The van der Waals surface area contributed by atoms with Crippen molar-refractivity contribution in [2.75, 3.05) is 5.75 Å². The molecular formula is C12H20N2O3S. The first-order valence-electron chi connectivity index (χ1n) is 6.45. The number of carbonyl (C=O) groups is 1. The van der Waals surface area contributed by atoms with Crippen LogP contribution in [0.1, 0.15) is 32.1 Å². The molecule has 3 unspecified atom stereocenters. The van der Waals surface area contributed by atoms with Crippen LogP contribution in [0.5, 0.6) is 0 Å². The molecule has 2 aliphatic rings. The predicted octanol–water partition coefficient (Wildman–Crippen LogP) is 0.321. The van der Waals surface area contributed by atoms with E-state index in [1.165, 1.54) is 11.5 Å². The molecule has 0 aromatic rings. The van der Waals surface area contributed by atoms with E-state index in [4.69, 9.17) is 5.73 Å². The Labute approximate surface area is 108 Å². The van der Waals surface area contributed by atoms with Crippen LogP contribution in [0.2, 0.25) is 0 Å². The molecule has 0 saturated heterocycles. The number of carbonyl (C=O) groups excluding carboxylic acids is 1. The molecule has 6 heteroatoms. The van der Waals surface area contributed by atoms with Crippen LogP contribution in [0.4, 0.5) is 0 Å². The third-order valence-electron chi connectivity index (χ3n) is 3.66. The second-order valence-corrected chi connectivity index (χ2v) is 7.11. The Kier molecular flexibility index (Phi) is 4.07. The molecule has 3 N–H and O–H groups in total. The van der Waals surface area contributed by atoms with Gasteiger partial charge >= 0.3 is 0 Å². The van der Waals surface area contributed by atoms with Crippen molar-refractivity contribution < 1.29 is 13.2 Å². The minimum atomic E-state index is -3.12. The average molecular weight is 272 g/mol. The van der Waals surface area contributed by atoms with Gasteiger partial charge in [0, 0.05) is 11.4 Å². The summed E-state index contributed by atoms with van der Waals surface area (Å²) in [7, 11) is -3.12. The van der Waals surface area contributed by atoms with Gasteiger partial charge < -0.3 is 11.1 Å². The fourth-order valence-corrected chi connectivity index (χ4v) is 3.85. The molecule has 0 aromatic heterocycles. The lowest BCUT2D eigenvalue weighted by atomic mass is 9.94. The Hall–Kier alpha value is -0.880. The highest BCUT2D eigenvalue weighted by Crippen LogP contribution is 2.22. The first-order chi connectivity index (χ1) is 8.48. The summed E-state index contributed by atoms with van der Waals surface area (Å²) >= 11 is 0. The fraction of sp³-hybridized carbons (Fsp3) is 0.750. The number of nitrogens with one attached hydrogen (secondary N) is 1. The maximum Gasteiger partial charge on any atom is 0.225 e. The number of amides is 1. The van der Waals surface area contributed by atoms with Gasteiger partial charge in [0.2, 0.25) is 5.91 Å². The van der Waals surface area contributed by atoms with Crippen molar-refractivity contribution in [2.45, 2.75) is 44.2 Å². The van der Waals surface area contributed by atoms with Crippen LogP contribution in [-0.4, -0.2) is 32.2 Å². The van der Waals surface area contributed by atoms with Gasteiger partial charge in [0.15, 0.2) is 9.84 Å². The number of nitrogens with two attached hydrogens (primary N) is 1. The van der Waals surface area contributed by atoms with E-state index >= 15 is 0 Å². The first-order valence-corrected chi connectivity index (χ1v) is 8.16. The number of sulfone groups is 1. The highest BCUT2D eigenvalue weighted by Gasteiger charge is 2.30. The lowest BCUT2D eigenvalue weighted by Crippen LogP contribution is -2.45. The average Bonchev–Trinajstić information content (AvgIpc) is 2.49. The molecule has 0 aromatic carbocycles. The monoisotopic (exact) mass is 272 g/mol. The molecular weight excluding hydrogens is 252 g/mol. The Balaban J connectivity index is 1.93. The zero-order valence-corrected chi connectivity index (χ0v) is 11.2. The van der Waals surface area contributed by atoms with Gasteiger partial charge in [-0.3, -0.25) is 4.79 Å². The summed E-state index contributed by atoms with van der Waals surface area (Å²) in [6.45, 7) is 0. The van der Waals surface area contributed by atoms with Crippen molar-refractivity contribution in [3.8, 4) is 0 Å². The van der Waals surface area contributed by atoms with Gasteiger partial charge in [0.1, 0.15) is 0 Å². The molecule has 0 spiro atoms. The fourth-order valence-electron chi connectivity index (χ4n) is 2.62. The van der Waals surface area contributed by atoms with Crippen LogP contribution in [0, 0.1) is 5.92 Å². The molecule has 1 aliphatic heterocycles. The van der Waals surface area contributed by atoms with Gasteiger partial charge in [0.25, 0.3) is 0 Å². The summed E-state index contributed by atoms with van der Waals surface area (Å²) in [5.41, 5.74) is 6.01. The van der Waals surface area contributed by atoms with Crippen molar-refractivity contribution in [1.82, 2.24) is 5.32 Å². The van der Waals surface area contributed by atoms with E-state index in [1.807, 2.05) is 0 Å². The molecule has 3 atom stereocenters. The van der Waals surface area contributed by atoms with Crippen LogP contribution in [-0.2, 0) is 14.6 Å². The summed E-state index contributed by atoms with van der Waals surface area (Å²) in [4.78, 5) is 12.1. The minimum Gasteiger partial charge on any atom is -0.349 e. The summed E-state index contributed by atoms with van der Waals surface area (Å²) in [5.74, 6) is -0.305. The zero-order valence-electron chi connectivity index (χ0n) is 10.3. The second kappa shape index (κ2) is 5.40. The summed E-state index contributed by atoms with van der Waals surface area (Å²) in [5, 5.41) is 3.95. The van der Waals surface area contributed by atoms with Crippen molar-refractivity contribution in [3.05, 3.63) is 11.5 Å². The molecule has 18 heavy (non-hydrogen) atoms. The van der Waals surface area contributed by atoms with Gasteiger partial charge in [-0.05, 0) is 18.9 Å². The summed E-state index contributed by atoms with van der Waals surface area (Å²) in [6, 6.07) is -0.493. The second-order valence-electron chi connectivity index (χ2n) is 5.18. The van der Waals surface area contributed by atoms with Gasteiger partial charge in [0.05, 0.1) is 17.7 Å². The first kappa shape index (κ1) is 13.5. The molecule has 0 bridgehead atoms. The maximum atomic E-state index is 12.1. The lowest BCUT2D eigenvalue weighted by molar-refractivity contribution is -0.126. The number of hydrogen-bond acceptors (Lipinski definition) is 4. The standard InChI is InChI=1S/C12H20N2O3S/c13-11-5-3-1-2-4-10(11)12(15)14-9-6-7-18(16,17)8-9/h6-7,9-11H,1-5,8,13H2,(H,14,15). The van der Waals surface area contributed by atoms with E-state index < -0.39 is 15.9 Å². The summed E-state index contributed by atoms with van der Waals surface area (Å²) < 4.78 is 22.5. The SMILES string of the molecule is NC1CCCCCC1C(=O)NC1C=CS(=O)(=O)C1. The third kappa shape index (κ3) is 3.32. The van der Waals surface area contributed by atoms with Crippen molar-refractivity contribution in [2.24, 2.45) is 11.7 Å². The van der Waals surface area contributed by atoms with Crippen LogP contribution < -0.4 is 11.1 Å². The molecule has 1 saturated carbocycles. The lowest BCUT2D eigenvalue weighted by Gasteiger charge is -2.22. The third-order valence-corrected chi connectivity index (χ3v) is 5.06. The number of hydrogen-bond donors (Lipinski definition) is 2. The van der Waals surface area contributed by atoms with E-state index in [0.29, 0.717) is 0 Å². The molecule has 0 radical (unpaired) electrons. The molecule has 1 aliphatic carbocycles. The number of rotatable bonds is 2.